The molecule has 0 amide bonds. The molecule has 0 saturated carbocycles. The molecule has 1 aliphatic heterocycles. The minimum atomic E-state index is -3.71. The van der Waals surface area contributed by atoms with Gasteiger partial charge >= 0.3 is 0 Å². The van der Waals surface area contributed by atoms with E-state index in [4.69, 9.17) is 10.00 Å². The monoisotopic (exact) mass is 295 g/mol. The summed E-state index contributed by atoms with van der Waals surface area (Å²) in [5.74, 6) is 0.178. The second-order valence-electron chi connectivity index (χ2n) is 4.68. The molecule has 1 aromatic rings. The van der Waals surface area contributed by atoms with Crippen molar-refractivity contribution >= 4 is 10.0 Å². The van der Waals surface area contributed by atoms with Gasteiger partial charge in [-0.25, -0.2) is 18.1 Å². The summed E-state index contributed by atoms with van der Waals surface area (Å²) in [6, 6.07) is 4.68. The summed E-state index contributed by atoms with van der Waals surface area (Å²) in [5.41, 5.74) is -0.0882. The van der Waals surface area contributed by atoms with Gasteiger partial charge in [-0.05, 0) is 25.0 Å². The largest absolute Gasteiger partial charge is 0.378 e. The average Bonchev–Trinajstić information content (AvgIpc) is 2.92. The van der Waals surface area contributed by atoms with E-state index in [1.165, 1.54) is 18.3 Å². The van der Waals surface area contributed by atoms with E-state index in [0.29, 0.717) is 13.2 Å². The Morgan fingerprint density at radius 1 is 1.60 bits per heavy atom. The number of pyridine rings is 1. The predicted molar refractivity (Wildman–Crippen MR) is 72.3 cm³/mol. The lowest BCUT2D eigenvalue weighted by Crippen LogP contribution is -2.33. The second kappa shape index (κ2) is 6.31. The molecule has 2 rings (SSSR count). The van der Waals surface area contributed by atoms with Crippen molar-refractivity contribution in [3.05, 3.63) is 24.0 Å². The number of nitrogens with one attached hydrogen (secondary N) is 1. The summed E-state index contributed by atoms with van der Waals surface area (Å²) in [4.78, 5) is 3.69. The van der Waals surface area contributed by atoms with E-state index in [2.05, 4.69) is 9.71 Å². The molecule has 2 atom stereocenters. The molecule has 2 unspecified atom stereocenters. The van der Waals surface area contributed by atoms with Gasteiger partial charge in [-0.3, -0.25) is 0 Å². The van der Waals surface area contributed by atoms with Crippen molar-refractivity contribution in [3.63, 3.8) is 0 Å². The third-order valence-electron chi connectivity index (χ3n) is 3.45. The number of rotatable bonds is 5. The van der Waals surface area contributed by atoms with Crippen LogP contribution in [-0.2, 0) is 14.8 Å². The molecule has 1 fully saturated rings. The molecule has 0 aromatic carbocycles. The standard InChI is InChI=1S/C13H17N3O3S/c1-2-12-10(5-7-19-12)9-16-20(17,18)13-4-3-6-15-11(13)8-14/h3-4,6,10,12,16H,2,5,7,9H2,1H3. The fourth-order valence-corrected chi connectivity index (χ4v) is 3.56. The van der Waals surface area contributed by atoms with Crippen molar-refractivity contribution in [2.45, 2.75) is 30.8 Å². The first-order valence-electron chi connectivity index (χ1n) is 6.55. The lowest BCUT2D eigenvalue weighted by Gasteiger charge is -2.17. The van der Waals surface area contributed by atoms with Crippen molar-refractivity contribution in [1.29, 1.82) is 5.26 Å². The number of nitriles is 1. The highest BCUT2D eigenvalue weighted by atomic mass is 32.2. The Balaban J connectivity index is 2.10. The van der Waals surface area contributed by atoms with Crippen LogP contribution in [0.5, 0.6) is 0 Å². The van der Waals surface area contributed by atoms with Crippen LogP contribution in [-0.4, -0.2) is 32.7 Å². The highest BCUT2D eigenvalue weighted by Gasteiger charge is 2.28. The number of aromatic nitrogens is 1. The van der Waals surface area contributed by atoms with Crippen LogP contribution in [0.15, 0.2) is 23.2 Å². The first kappa shape index (κ1) is 14.9. The summed E-state index contributed by atoms with van der Waals surface area (Å²) in [7, 11) is -3.71. The van der Waals surface area contributed by atoms with Crippen LogP contribution >= 0.6 is 0 Å². The molecule has 7 heteroatoms. The van der Waals surface area contributed by atoms with Crippen LogP contribution in [0.3, 0.4) is 0 Å². The molecule has 0 aliphatic carbocycles. The van der Waals surface area contributed by atoms with Crippen LogP contribution in [0.25, 0.3) is 0 Å². The fraction of sp³-hybridized carbons (Fsp3) is 0.538. The zero-order valence-electron chi connectivity index (χ0n) is 11.2. The van der Waals surface area contributed by atoms with Gasteiger partial charge in [0.15, 0.2) is 5.69 Å². The molecule has 0 bridgehead atoms. The Morgan fingerprint density at radius 3 is 3.10 bits per heavy atom. The number of hydrogen-bond acceptors (Lipinski definition) is 5. The zero-order valence-corrected chi connectivity index (χ0v) is 12.1. The normalized spacial score (nSPS) is 22.6. The van der Waals surface area contributed by atoms with Gasteiger partial charge in [-0.15, -0.1) is 0 Å². The van der Waals surface area contributed by atoms with Crippen LogP contribution in [0.1, 0.15) is 25.5 Å². The summed E-state index contributed by atoms with van der Waals surface area (Å²) in [6.45, 7) is 3.01. The van der Waals surface area contributed by atoms with Crippen molar-refractivity contribution in [2.75, 3.05) is 13.2 Å². The predicted octanol–water partition coefficient (Wildman–Crippen LogP) is 1.05. The van der Waals surface area contributed by atoms with Gasteiger partial charge in [-0.2, -0.15) is 5.26 Å². The quantitative estimate of drug-likeness (QED) is 0.876. The molecule has 0 spiro atoms. The zero-order chi connectivity index (χ0) is 14.6. The SMILES string of the molecule is CCC1OCCC1CNS(=O)(=O)c1cccnc1C#N. The minimum absolute atomic E-state index is 0.0746. The maximum absolute atomic E-state index is 12.2. The summed E-state index contributed by atoms with van der Waals surface area (Å²) in [6.07, 6.45) is 3.21. The molecule has 6 nitrogen and oxygen atoms in total. The number of nitrogens with zero attached hydrogens (tertiary/aromatic N) is 2. The van der Waals surface area contributed by atoms with E-state index in [1.54, 1.807) is 6.07 Å². The van der Waals surface area contributed by atoms with Gasteiger partial charge in [0.05, 0.1) is 6.10 Å². The van der Waals surface area contributed by atoms with Crippen LogP contribution < -0.4 is 4.72 Å². The van der Waals surface area contributed by atoms with Crippen molar-refractivity contribution in [1.82, 2.24) is 9.71 Å². The maximum atomic E-state index is 12.2. The Bertz CT molecular complexity index is 610. The molecular weight excluding hydrogens is 278 g/mol. The lowest BCUT2D eigenvalue weighted by molar-refractivity contribution is 0.0884. The molecule has 1 aliphatic rings. The smallest absolute Gasteiger partial charge is 0.243 e. The van der Waals surface area contributed by atoms with Gasteiger partial charge in [0.1, 0.15) is 11.0 Å². The highest BCUT2D eigenvalue weighted by Crippen LogP contribution is 2.23. The van der Waals surface area contributed by atoms with Gasteiger partial charge in [0, 0.05) is 25.3 Å². The summed E-state index contributed by atoms with van der Waals surface area (Å²) >= 11 is 0. The Morgan fingerprint density at radius 2 is 2.40 bits per heavy atom. The molecule has 20 heavy (non-hydrogen) atoms. The van der Waals surface area contributed by atoms with E-state index in [1.807, 2.05) is 6.92 Å². The van der Waals surface area contributed by atoms with Crippen molar-refractivity contribution < 1.29 is 13.2 Å². The number of sulfonamides is 1. The topological polar surface area (TPSA) is 92.1 Å². The fourth-order valence-electron chi connectivity index (χ4n) is 2.36. The Kier molecular flexibility index (Phi) is 4.70. The minimum Gasteiger partial charge on any atom is -0.378 e. The van der Waals surface area contributed by atoms with Gasteiger partial charge in [0.25, 0.3) is 0 Å². The van der Waals surface area contributed by atoms with E-state index in [-0.39, 0.29) is 22.6 Å². The van der Waals surface area contributed by atoms with Gasteiger partial charge < -0.3 is 4.74 Å². The van der Waals surface area contributed by atoms with Gasteiger partial charge in [0.2, 0.25) is 10.0 Å². The molecule has 2 heterocycles. The number of ether oxygens (including phenoxy) is 1. The molecule has 1 saturated heterocycles. The van der Waals surface area contributed by atoms with Crippen LogP contribution in [0.2, 0.25) is 0 Å². The van der Waals surface area contributed by atoms with Crippen molar-refractivity contribution in [3.8, 4) is 6.07 Å². The lowest BCUT2D eigenvalue weighted by atomic mass is 10.0. The Labute approximate surface area is 118 Å². The summed E-state index contributed by atoms with van der Waals surface area (Å²) < 4.78 is 32.5. The van der Waals surface area contributed by atoms with E-state index in [0.717, 1.165) is 12.8 Å². The third-order valence-corrected chi connectivity index (χ3v) is 4.91. The highest BCUT2D eigenvalue weighted by molar-refractivity contribution is 7.89. The molecular formula is C13H17N3O3S. The molecule has 1 aromatic heterocycles. The first-order valence-corrected chi connectivity index (χ1v) is 8.03. The molecule has 0 radical (unpaired) electrons. The number of hydrogen-bond donors (Lipinski definition) is 1. The average molecular weight is 295 g/mol. The third kappa shape index (κ3) is 3.15. The first-order chi connectivity index (χ1) is 9.58. The van der Waals surface area contributed by atoms with Crippen LogP contribution in [0.4, 0.5) is 0 Å². The molecule has 108 valence electrons. The maximum Gasteiger partial charge on any atom is 0.243 e. The van der Waals surface area contributed by atoms with E-state index >= 15 is 0 Å². The van der Waals surface area contributed by atoms with Crippen molar-refractivity contribution in [2.24, 2.45) is 5.92 Å². The van der Waals surface area contributed by atoms with E-state index < -0.39 is 10.0 Å². The summed E-state index contributed by atoms with van der Waals surface area (Å²) in [5, 5.41) is 8.92. The Hall–Kier alpha value is -1.49. The second-order valence-corrected chi connectivity index (χ2v) is 6.42. The van der Waals surface area contributed by atoms with Gasteiger partial charge in [-0.1, -0.05) is 6.92 Å². The van der Waals surface area contributed by atoms with E-state index in [9.17, 15) is 8.42 Å². The molecule has 1 N–H and O–H groups in total. The van der Waals surface area contributed by atoms with Crippen LogP contribution in [0, 0.1) is 17.2 Å².